The van der Waals surface area contributed by atoms with E-state index in [0.717, 1.165) is 54.9 Å². The second-order valence-electron chi connectivity index (χ2n) is 18.5. The molecule has 0 saturated heterocycles. The number of benzene rings is 4. The minimum absolute atomic E-state index is 0.0660. The SMILES string of the molecule is NCCCC[C@H](N)C(=O)N[C@@H](Cc1ccccc1)CN(CC(=O)N(Cc1cc(C(F)(F)F)cc(C(F)(F)F)c1)Cc1cccc2ccccc12)C(=O)C[C@]12CC3C[C@H](C[C@H](C3)C1)C2. The van der Waals surface area contributed by atoms with Gasteiger partial charge in [-0.25, -0.2) is 0 Å². The van der Waals surface area contributed by atoms with Crippen LogP contribution >= 0.6 is 0 Å². The van der Waals surface area contributed by atoms with E-state index in [9.17, 15) is 40.7 Å². The number of nitrogens with one attached hydrogen (secondary N) is 1. The minimum atomic E-state index is -5.09. The number of halogens is 6. The van der Waals surface area contributed by atoms with Crippen molar-refractivity contribution in [3.63, 3.8) is 0 Å². The van der Waals surface area contributed by atoms with Crippen LogP contribution in [-0.4, -0.2) is 59.2 Å². The summed E-state index contributed by atoms with van der Waals surface area (Å²) in [4.78, 5) is 46.1. The molecule has 4 aliphatic carbocycles. The summed E-state index contributed by atoms with van der Waals surface area (Å²) in [5.74, 6) is 0.237. The van der Waals surface area contributed by atoms with Crippen LogP contribution in [0, 0.1) is 23.2 Å². The van der Waals surface area contributed by atoms with Crippen molar-refractivity contribution in [2.75, 3.05) is 19.6 Å². The summed E-state index contributed by atoms with van der Waals surface area (Å²) in [5.41, 5.74) is 9.91. The molecule has 338 valence electrons. The predicted molar refractivity (Wildman–Crippen MR) is 229 cm³/mol. The van der Waals surface area contributed by atoms with Crippen molar-refractivity contribution in [3.8, 4) is 0 Å². The highest BCUT2D eigenvalue weighted by molar-refractivity contribution is 5.88. The van der Waals surface area contributed by atoms with E-state index < -0.39 is 60.5 Å². The lowest BCUT2D eigenvalue weighted by atomic mass is 9.49. The second-order valence-corrected chi connectivity index (χ2v) is 18.5. The molecule has 4 fully saturated rings. The maximum Gasteiger partial charge on any atom is 0.416 e. The number of nitrogens with zero attached hydrogens (tertiary/aromatic N) is 2. The molecule has 4 aliphatic rings. The molecular formula is C49H57F6N5O3. The molecule has 0 aromatic heterocycles. The van der Waals surface area contributed by atoms with E-state index in [2.05, 4.69) is 5.32 Å². The summed E-state index contributed by atoms with van der Waals surface area (Å²) < 4.78 is 84.5. The number of rotatable bonds is 18. The van der Waals surface area contributed by atoms with Gasteiger partial charge in [0.2, 0.25) is 17.7 Å². The third kappa shape index (κ3) is 11.8. The summed E-state index contributed by atoms with van der Waals surface area (Å²) in [5, 5.41) is 4.63. The normalized spacial score (nSPS) is 21.6. The van der Waals surface area contributed by atoms with Crippen molar-refractivity contribution >= 4 is 28.5 Å². The first kappa shape index (κ1) is 46.1. The van der Waals surface area contributed by atoms with Crippen LogP contribution in [0.3, 0.4) is 0 Å². The lowest BCUT2D eigenvalue weighted by Gasteiger charge is -2.57. The quantitative estimate of drug-likeness (QED) is 0.0681. The van der Waals surface area contributed by atoms with Gasteiger partial charge >= 0.3 is 12.4 Å². The molecule has 0 unspecified atom stereocenters. The van der Waals surface area contributed by atoms with Crippen LogP contribution in [0.1, 0.15) is 92.0 Å². The minimum Gasteiger partial charge on any atom is -0.350 e. The maximum absolute atomic E-state index is 14.9. The first-order valence-corrected chi connectivity index (χ1v) is 22.1. The molecule has 8 rings (SSSR count). The zero-order chi connectivity index (χ0) is 44.9. The lowest BCUT2D eigenvalue weighted by molar-refractivity contribution is -0.146. The smallest absolute Gasteiger partial charge is 0.350 e. The average molecular weight is 878 g/mol. The predicted octanol–water partition coefficient (Wildman–Crippen LogP) is 9.03. The van der Waals surface area contributed by atoms with Crippen molar-refractivity contribution in [2.24, 2.45) is 34.6 Å². The maximum atomic E-state index is 14.9. The Hall–Kier alpha value is -4.95. The van der Waals surface area contributed by atoms with Gasteiger partial charge in [-0.3, -0.25) is 14.4 Å². The number of nitrogens with two attached hydrogens (primary N) is 2. The Morgan fingerprint density at radius 1 is 0.714 bits per heavy atom. The largest absolute Gasteiger partial charge is 0.416 e. The Morgan fingerprint density at radius 3 is 1.94 bits per heavy atom. The van der Waals surface area contributed by atoms with Crippen LogP contribution in [0.5, 0.6) is 0 Å². The van der Waals surface area contributed by atoms with Crippen LogP contribution in [-0.2, 0) is 46.2 Å². The Bertz CT molecular complexity index is 2160. The fourth-order valence-corrected chi connectivity index (χ4v) is 10.9. The van der Waals surface area contributed by atoms with E-state index in [1.165, 1.54) is 9.80 Å². The molecule has 0 radical (unpaired) electrons. The van der Waals surface area contributed by atoms with Gasteiger partial charge in [-0.2, -0.15) is 26.3 Å². The highest BCUT2D eigenvalue weighted by atomic mass is 19.4. The van der Waals surface area contributed by atoms with Gasteiger partial charge in [0.05, 0.1) is 29.8 Å². The Morgan fingerprint density at radius 2 is 1.32 bits per heavy atom. The third-order valence-corrected chi connectivity index (χ3v) is 13.4. The van der Waals surface area contributed by atoms with E-state index in [1.54, 1.807) is 18.2 Å². The molecule has 4 aromatic rings. The summed E-state index contributed by atoms with van der Waals surface area (Å²) in [6.07, 6.45) is -1.76. The van der Waals surface area contributed by atoms with Crippen LogP contribution in [0.2, 0.25) is 0 Å². The molecule has 4 bridgehead atoms. The van der Waals surface area contributed by atoms with Gasteiger partial charge in [-0.15, -0.1) is 0 Å². The average Bonchev–Trinajstić information content (AvgIpc) is 3.22. The zero-order valence-electron chi connectivity index (χ0n) is 35.4. The van der Waals surface area contributed by atoms with Gasteiger partial charge in [0, 0.05) is 26.1 Å². The number of hydrogen-bond donors (Lipinski definition) is 3. The van der Waals surface area contributed by atoms with Crippen LogP contribution in [0.15, 0.2) is 91.0 Å². The van der Waals surface area contributed by atoms with Crippen LogP contribution in [0.25, 0.3) is 10.8 Å². The Kier molecular flexibility index (Phi) is 14.2. The van der Waals surface area contributed by atoms with E-state index >= 15 is 0 Å². The van der Waals surface area contributed by atoms with E-state index in [-0.39, 0.29) is 42.5 Å². The molecule has 0 aliphatic heterocycles. The van der Waals surface area contributed by atoms with Crippen LogP contribution < -0.4 is 16.8 Å². The van der Waals surface area contributed by atoms with Gasteiger partial charge in [0.25, 0.3) is 0 Å². The molecule has 63 heavy (non-hydrogen) atoms. The topological polar surface area (TPSA) is 122 Å². The Balaban J connectivity index is 1.24. The number of fused-ring (bicyclic) bond motifs is 1. The molecule has 0 heterocycles. The number of unbranched alkanes of at least 4 members (excludes halogenated alkanes) is 1. The highest BCUT2D eigenvalue weighted by Crippen LogP contribution is 2.61. The Labute approximate surface area is 364 Å². The fraction of sp³-hybridized carbons (Fsp3) is 0.490. The van der Waals surface area contributed by atoms with Crippen molar-refractivity contribution in [1.82, 2.24) is 15.1 Å². The standard InChI is InChI=1S/C49H57F6N5O3/c50-48(51,52)39-20-36(21-40(23-39)49(53,54)55)28-59(29-38-13-8-12-37-11-4-5-14-42(37)38)45(62)31-60(44(61)27-47-24-33-17-34(25-47)19-35(18-33)26-47)30-41(22-32-9-2-1-3-10-32)58-46(63)43(57)15-6-7-16-56/h1-5,8-14,20-21,23,33-35,41,43H,6-7,15-19,22,24-31,56-57H2,(H,58,63)/t33-,34+,35?,41-,43-,47-/m0/s1. The van der Waals surface area contributed by atoms with Crippen molar-refractivity contribution < 1.29 is 40.7 Å². The van der Waals surface area contributed by atoms with E-state index in [0.29, 0.717) is 67.7 Å². The van der Waals surface area contributed by atoms with E-state index in [1.807, 2.05) is 54.6 Å². The third-order valence-electron chi connectivity index (χ3n) is 13.4. The molecule has 3 amide bonds. The summed E-state index contributed by atoms with van der Waals surface area (Å²) >= 11 is 0. The first-order valence-electron chi connectivity index (χ1n) is 22.1. The number of amides is 3. The van der Waals surface area contributed by atoms with Crippen molar-refractivity contribution in [1.29, 1.82) is 0 Å². The van der Waals surface area contributed by atoms with Gasteiger partial charge in [0.15, 0.2) is 0 Å². The van der Waals surface area contributed by atoms with Crippen molar-refractivity contribution in [2.45, 2.75) is 108 Å². The second kappa shape index (κ2) is 19.4. The zero-order valence-corrected chi connectivity index (χ0v) is 35.4. The molecule has 4 aromatic carbocycles. The summed E-state index contributed by atoms with van der Waals surface area (Å²) in [6.45, 7) is -0.930. The molecule has 8 nitrogen and oxygen atoms in total. The molecule has 2 atom stereocenters. The number of carbonyl (C=O) groups excluding carboxylic acids is 3. The van der Waals surface area contributed by atoms with Gasteiger partial charge < -0.3 is 26.6 Å². The monoisotopic (exact) mass is 877 g/mol. The first-order chi connectivity index (χ1) is 30.0. The molecule has 0 spiro atoms. The number of carbonyl (C=O) groups is 3. The summed E-state index contributed by atoms with van der Waals surface area (Å²) in [6, 6.07) is 21.9. The number of hydrogen-bond acceptors (Lipinski definition) is 5. The van der Waals surface area contributed by atoms with E-state index in [4.69, 9.17) is 11.5 Å². The van der Waals surface area contributed by atoms with Gasteiger partial charge in [-0.05, 0) is 133 Å². The molecule has 14 heteroatoms. The van der Waals surface area contributed by atoms with Crippen LogP contribution in [0.4, 0.5) is 26.3 Å². The lowest BCUT2D eigenvalue weighted by Crippen LogP contribution is -2.54. The molecule has 5 N–H and O–H groups in total. The molecule has 4 saturated carbocycles. The summed E-state index contributed by atoms with van der Waals surface area (Å²) in [7, 11) is 0. The molecular weight excluding hydrogens is 821 g/mol. The van der Waals surface area contributed by atoms with Crippen molar-refractivity contribution in [3.05, 3.63) is 119 Å². The fourth-order valence-electron chi connectivity index (χ4n) is 10.9. The number of alkyl halides is 6. The van der Waals surface area contributed by atoms with Gasteiger partial charge in [-0.1, -0.05) is 79.2 Å². The highest BCUT2D eigenvalue weighted by Gasteiger charge is 2.52. The van der Waals surface area contributed by atoms with Gasteiger partial charge in [0.1, 0.15) is 0 Å².